The zero-order chi connectivity index (χ0) is 85.0. The number of ether oxygens (including phenoxy) is 1. The highest BCUT2D eigenvalue weighted by atomic mass is 32.2. The molecule has 0 bridgehead atoms. The van der Waals surface area contributed by atoms with Crippen molar-refractivity contribution in [3.63, 3.8) is 0 Å². The number of aliphatic hydroxyl groups is 3. The number of halogens is 3. The van der Waals surface area contributed by atoms with E-state index in [9.17, 15) is 81.8 Å². The van der Waals surface area contributed by atoms with Crippen molar-refractivity contribution in [1.82, 2.24) is 14.7 Å². The number of hydrogen-bond acceptors (Lipinski definition) is 22. The number of anilines is 6. The van der Waals surface area contributed by atoms with E-state index in [-0.39, 0.29) is 152 Å². The minimum absolute atomic E-state index is 0.00471. The van der Waals surface area contributed by atoms with Crippen molar-refractivity contribution in [1.29, 1.82) is 0 Å². The molecule has 1 aliphatic carbocycles. The van der Waals surface area contributed by atoms with Crippen molar-refractivity contribution in [3.8, 4) is 5.75 Å². The van der Waals surface area contributed by atoms with Crippen LogP contribution in [0.5, 0.6) is 5.75 Å². The van der Waals surface area contributed by atoms with E-state index >= 15 is 0 Å². The molecule has 6 heterocycles. The molecule has 0 aromatic heterocycles. The molecule has 12 rings (SSSR count). The summed E-state index contributed by atoms with van der Waals surface area (Å²) in [5.41, 5.74) is 0.594. The number of amides is 3. The van der Waals surface area contributed by atoms with Crippen LogP contribution in [-0.4, -0.2) is 161 Å². The van der Waals surface area contributed by atoms with Gasteiger partial charge in [0.05, 0.1) is 96.8 Å². The Labute approximate surface area is 667 Å². The first kappa shape index (κ1) is 88.3. The molecule has 0 saturated heterocycles. The third-order valence-corrected chi connectivity index (χ3v) is 27.1. The van der Waals surface area contributed by atoms with Crippen LogP contribution >= 0.6 is 22.6 Å². The number of hydrogen-bond donors (Lipinski definition) is 9. The number of carbonyl (C=O) groups is 3. The van der Waals surface area contributed by atoms with Gasteiger partial charge in [-0.3, -0.25) is 42.2 Å². The maximum absolute atomic E-state index is 14.0. The van der Waals surface area contributed by atoms with Crippen molar-refractivity contribution in [3.05, 3.63) is 154 Å². The molecule has 0 radical (unpaired) electrons. The summed E-state index contributed by atoms with van der Waals surface area (Å²) in [4.78, 5) is 45.7. The first-order valence-electron chi connectivity index (χ1n) is 36.6. The number of nitrogens with zero attached hydrogens (tertiary/aromatic N) is 6. The van der Waals surface area contributed by atoms with Crippen LogP contribution in [0.3, 0.4) is 0 Å². The highest BCUT2D eigenvalue weighted by Gasteiger charge is 2.53. The summed E-state index contributed by atoms with van der Waals surface area (Å²) in [5.74, 6) is -4.99. The molecule has 6 unspecified atom stereocenters. The van der Waals surface area contributed by atoms with Crippen LogP contribution < -0.4 is 50.8 Å². The highest BCUT2D eigenvalue weighted by molar-refractivity contribution is 7.92. The Bertz CT molecular complexity index is 5490. The zero-order valence-electron chi connectivity index (χ0n) is 66.3. The molecule has 3 amide bonds. The third kappa shape index (κ3) is 19.6. The molecule has 624 valence electrons. The highest BCUT2D eigenvalue weighted by Crippen LogP contribution is 2.57. The molecule has 0 spiro atoms. The Balaban J connectivity index is 0.000000183. The van der Waals surface area contributed by atoms with Gasteiger partial charge in [0.25, 0.3) is 17.7 Å². The minimum Gasteiger partial charge on any atom is -0.509 e. The number of amidine groups is 3. The topological polar surface area (TPSA) is 421 Å². The van der Waals surface area contributed by atoms with E-state index in [1.807, 2.05) is 20.8 Å². The molecular weight excluding hydrogens is 1620 g/mol. The summed E-state index contributed by atoms with van der Waals surface area (Å²) in [6.07, 6.45) is 6.66. The van der Waals surface area contributed by atoms with Gasteiger partial charge in [-0.05, 0) is 152 Å². The average Bonchev–Trinajstić information content (AvgIpc) is 1.57. The zero-order valence-corrected chi connectivity index (χ0v) is 71.4. The number of methoxy groups -OCH3 is 1. The quantitative estimate of drug-likeness (QED) is 0.0274. The fourth-order valence-electron chi connectivity index (χ4n) is 14.1. The first-order valence-corrected chi connectivity index (χ1v) is 47.0. The van der Waals surface area contributed by atoms with Crippen molar-refractivity contribution < 1.29 is 100 Å². The molecule has 5 aromatic carbocycles. The summed E-state index contributed by atoms with van der Waals surface area (Å²) >= 11 is 0. The molecule has 7 aliphatic rings. The molecular formula is C75H96F3N12O19P3S3. The first-order chi connectivity index (χ1) is 53.3. The predicted molar refractivity (Wildman–Crippen MR) is 437 cm³/mol. The van der Waals surface area contributed by atoms with Gasteiger partial charge in [0.15, 0.2) is 40.7 Å². The second-order valence-electron chi connectivity index (χ2n) is 31.7. The maximum atomic E-state index is 14.0. The van der Waals surface area contributed by atoms with Crippen molar-refractivity contribution in [2.75, 3.05) is 82.4 Å². The average molecular weight is 1720 g/mol. The monoisotopic (exact) mass is 1710 g/mol. The fraction of sp³-hybridized carbons (Fsp3) is 0.440. The van der Waals surface area contributed by atoms with Gasteiger partial charge >= 0.3 is 22.6 Å². The third-order valence-electron chi connectivity index (χ3n) is 19.1. The molecule has 6 aliphatic heterocycles. The van der Waals surface area contributed by atoms with Gasteiger partial charge < -0.3 is 64.3 Å². The molecule has 1 fully saturated rings. The van der Waals surface area contributed by atoms with Gasteiger partial charge in [-0.25, -0.2) is 38.4 Å². The van der Waals surface area contributed by atoms with Gasteiger partial charge in [-0.15, -0.1) is 0 Å². The fourth-order valence-corrected chi connectivity index (χ4v) is 21.2. The van der Waals surface area contributed by atoms with E-state index in [0.29, 0.717) is 23.4 Å². The lowest BCUT2D eigenvalue weighted by molar-refractivity contribution is -0.129. The normalized spacial score (nSPS) is 22.4. The lowest BCUT2D eigenvalue weighted by Gasteiger charge is -2.38. The summed E-state index contributed by atoms with van der Waals surface area (Å²) < 4.78 is 195. The molecule has 9 N–H and O–H groups in total. The molecule has 31 nitrogen and oxygen atoms in total. The van der Waals surface area contributed by atoms with Crippen molar-refractivity contribution in [2.24, 2.45) is 36.5 Å². The number of sulfonamides is 3. The van der Waals surface area contributed by atoms with E-state index in [1.54, 1.807) is 52.5 Å². The summed E-state index contributed by atoms with van der Waals surface area (Å²) in [7, 11) is -21.4. The standard InChI is InChI=1S/C26H32FN4O7PS.C25H29F2N4O6PS.C24H35N4O6PS/c1-7-38-39(34)20-13-16(30-40(6,35)36)9-11-18(20)28-24(29-39)21-22(32)23(26(2,3)4)31(25(21)33)14-15-8-10-17(27)19(12-15)37-5;1-6-37-38(34)19-12-15(30-39(5,35)36)8-10-18(19)28-23(29-38)20-21(32)22(25(2,3)4)31(24(20)33)13-14-7-9-16(26)17(27)11-14;1-6-34-35(31)18-14-16(27-36(5,32)33)10-11-17(18)25-22(26-35)19-21(29)20(15-8-7-9-15)28(23(19)30)13-12-24(2,3)4/h8-13,23,30,32H,7,14H2,1-6H3,(H,28,29,34);7-12,22,30,32H,6,13H2,1-5H3,(H,28,29,34);10-11,14-15,20,27,29H,6-9,12-13H2,1-5H3,(H,25,26,31). The minimum atomic E-state index is -4.03. The van der Waals surface area contributed by atoms with Crippen LogP contribution in [0.1, 0.15) is 120 Å². The van der Waals surface area contributed by atoms with Crippen LogP contribution in [0.15, 0.2) is 139 Å². The Morgan fingerprint density at radius 2 is 0.843 bits per heavy atom. The van der Waals surface area contributed by atoms with Crippen molar-refractivity contribution in [2.45, 2.75) is 140 Å². The Hall–Kier alpha value is -9.05. The van der Waals surface area contributed by atoms with Gasteiger partial charge in [-0.1, -0.05) is 80.9 Å². The number of aliphatic hydroxyl groups excluding tert-OH is 3. The summed E-state index contributed by atoms with van der Waals surface area (Å²) in [5, 5.41) is 43.4. The second-order valence-corrected chi connectivity index (χ2v) is 42.9. The van der Waals surface area contributed by atoms with Crippen LogP contribution in [0.4, 0.5) is 47.3 Å². The van der Waals surface area contributed by atoms with Gasteiger partial charge in [-0.2, -0.15) is 14.3 Å². The lowest BCUT2D eigenvalue weighted by Crippen LogP contribution is -2.44. The summed E-state index contributed by atoms with van der Waals surface area (Å²) in [6, 6.07) is 18.5. The lowest BCUT2D eigenvalue weighted by atomic mass is 9.78. The van der Waals surface area contributed by atoms with E-state index in [4.69, 9.17) is 18.3 Å². The SMILES string of the molecule is CCOP1(=O)N=C(C2=C(O)C(C(C)(C)C)N(Cc3ccc(F)c(F)c3)C2=O)Nc2ccc(NS(C)(=O)=O)cc21.CCOP1(=O)N=C(C2=C(O)C(C(C)(C)C)N(Cc3ccc(F)c(OC)c3)C2=O)Nc2ccc(NS(C)(=O)=O)cc21.CCOP1(=O)N=C(C2=C(O)C(C3CCC3)N(CCC(C)(C)C)C2=O)Nc2ccc(NS(C)(=O)=O)cc21. The number of rotatable bonds is 23. The van der Waals surface area contributed by atoms with E-state index in [1.165, 1.54) is 89.7 Å². The number of nitrogens with one attached hydrogen (secondary N) is 6. The molecule has 115 heavy (non-hydrogen) atoms. The number of fused-ring (bicyclic) bond motifs is 3. The van der Waals surface area contributed by atoms with Gasteiger partial charge in [0.2, 0.25) is 30.1 Å². The van der Waals surface area contributed by atoms with Gasteiger partial charge in [0.1, 0.15) is 34.0 Å². The molecule has 1 saturated carbocycles. The summed E-state index contributed by atoms with van der Waals surface area (Å²) in [6.45, 7) is 22.7. The van der Waals surface area contributed by atoms with Crippen LogP contribution in [-0.2, 0) is 84.8 Å². The molecule has 5 aromatic rings. The number of carbonyl (C=O) groups excluding carboxylic acids is 3. The molecule has 40 heteroatoms. The van der Waals surface area contributed by atoms with Crippen LogP contribution in [0.2, 0.25) is 0 Å². The maximum Gasteiger partial charge on any atom is 0.348 e. The predicted octanol–water partition coefficient (Wildman–Crippen LogP) is 12.4. The Kier molecular flexibility index (Phi) is 25.5. The Morgan fingerprint density at radius 1 is 0.496 bits per heavy atom. The molecule has 6 atom stereocenters. The van der Waals surface area contributed by atoms with Crippen molar-refractivity contribution >= 4 is 138 Å². The van der Waals surface area contributed by atoms with E-state index in [0.717, 1.165) is 56.6 Å². The Morgan fingerprint density at radius 3 is 1.16 bits per heavy atom. The van der Waals surface area contributed by atoms with E-state index < -0.39 is 111 Å². The van der Waals surface area contributed by atoms with Crippen LogP contribution in [0, 0.1) is 39.6 Å². The number of benzene rings is 5. The van der Waals surface area contributed by atoms with Gasteiger partial charge in [0, 0.05) is 36.7 Å². The van der Waals surface area contributed by atoms with E-state index in [2.05, 4.69) is 65.2 Å². The smallest absolute Gasteiger partial charge is 0.348 e. The second kappa shape index (κ2) is 33.2. The largest absolute Gasteiger partial charge is 0.509 e. The van der Waals surface area contributed by atoms with Crippen LogP contribution in [0.25, 0.3) is 0 Å².